The van der Waals surface area contributed by atoms with Gasteiger partial charge in [0.2, 0.25) is 11.8 Å². The van der Waals surface area contributed by atoms with Gasteiger partial charge in [0.15, 0.2) is 6.61 Å². The summed E-state index contributed by atoms with van der Waals surface area (Å²) in [6.45, 7) is 13.0. The lowest BCUT2D eigenvalue weighted by molar-refractivity contribution is -0.130. The number of methoxy groups -OCH3 is 2. The molecule has 1 aliphatic carbocycles. The molecule has 734 valence electrons. The Balaban J connectivity index is 0.835. The van der Waals surface area contributed by atoms with E-state index in [2.05, 4.69) is 121 Å². The van der Waals surface area contributed by atoms with Gasteiger partial charge in [-0.2, -0.15) is 0 Å². The first-order valence-electron chi connectivity index (χ1n) is 52.5. The number of benzene rings is 8. The minimum Gasteiger partial charge on any atom is -0.497 e. The van der Waals surface area contributed by atoms with Crippen LogP contribution in [0.5, 0.6) is 34.5 Å². The predicted molar refractivity (Wildman–Crippen MR) is 553 cm³/mol. The highest BCUT2D eigenvalue weighted by Crippen LogP contribution is 2.45. The molecule has 0 saturated heterocycles. The SMILES string of the molecule is CCCCCCCCCCCCCCCCCCCCCCOc1ccc(CNC(=O)COc2ccc(C(NC(=O)[C@H](CCCc3cc(C)cc(C)c3)NC(=O)[C@H](Cc3ccc(-c4ccc(OCCCCN=[N+]=[N-])cc4CC)cc3)NC(=O)OCC3c4ccccc4-c4ccccc43)c3ccc(OC)cc3OC)cc2)c(OCCCCCCCCCCCCCCCCCCCCCC)c1. The number of rotatable bonds is 74. The number of hydrogen-bond donors (Lipinski definition) is 4. The van der Waals surface area contributed by atoms with Crippen LogP contribution in [0.25, 0.3) is 32.7 Å². The average Bonchev–Trinajstić information content (AvgIpc) is 1.58. The first-order valence-corrected chi connectivity index (χ1v) is 52.5. The molecule has 0 fully saturated rings. The van der Waals surface area contributed by atoms with Crippen molar-refractivity contribution in [1.29, 1.82) is 0 Å². The second-order valence-corrected chi connectivity index (χ2v) is 37.6. The summed E-state index contributed by atoms with van der Waals surface area (Å²) in [6.07, 6.45) is 56.3. The third-order valence-corrected chi connectivity index (χ3v) is 26.6. The topological polar surface area (TPSA) is 230 Å². The van der Waals surface area contributed by atoms with E-state index >= 15 is 9.59 Å². The average molecular weight is 1850 g/mol. The van der Waals surface area contributed by atoms with Crippen LogP contribution >= 0.6 is 0 Å². The molecule has 18 nitrogen and oxygen atoms in total. The quantitative estimate of drug-likeness (QED) is 0.0121. The molecular weight excluding hydrogens is 1680 g/mol. The number of nitrogens with one attached hydrogen (secondary N) is 4. The molecule has 0 spiro atoms. The molecular formula is C117H165N7O11. The molecule has 9 rings (SSSR count). The second kappa shape index (κ2) is 65.3. The summed E-state index contributed by atoms with van der Waals surface area (Å²) in [7, 11) is 3.14. The summed E-state index contributed by atoms with van der Waals surface area (Å²) in [5.41, 5.74) is 22.3. The molecule has 1 unspecified atom stereocenters. The van der Waals surface area contributed by atoms with Crippen LogP contribution in [0.2, 0.25) is 0 Å². The monoisotopic (exact) mass is 1840 g/mol. The third-order valence-electron chi connectivity index (χ3n) is 26.6. The fraction of sp³-hybridized carbons (Fsp3) is 0.556. The second-order valence-electron chi connectivity index (χ2n) is 37.6. The molecule has 0 aliphatic heterocycles. The van der Waals surface area contributed by atoms with E-state index in [9.17, 15) is 9.59 Å². The number of unbranched alkanes of at least 4 members (excludes halogenated alkanes) is 39. The number of amides is 4. The van der Waals surface area contributed by atoms with Crippen molar-refractivity contribution < 1.29 is 52.3 Å². The van der Waals surface area contributed by atoms with Gasteiger partial charge in [-0.05, 0) is 175 Å². The lowest BCUT2D eigenvalue weighted by Crippen LogP contribution is -2.55. The van der Waals surface area contributed by atoms with Gasteiger partial charge in [-0.25, -0.2) is 4.79 Å². The highest BCUT2D eigenvalue weighted by molar-refractivity contribution is 5.92. The van der Waals surface area contributed by atoms with Gasteiger partial charge < -0.3 is 54.4 Å². The summed E-state index contributed by atoms with van der Waals surface area (Å²) in [4.78, 5) is 62.5. The van der Waals surface area contributed by atoms with E-state index in [0.29, 0.717) is 73.3 Å². The zero-order chi connectivity index (χ0) is 95.3. The normalized spacial score (nSPS) is 12.2. The Morgan fingerprint density at radius 1 is 0.407 bits per heavy atom. The summed E-state index contributed by atoms with van der Waals surface area (Å²) in [6, 6.07) is 52.2. The molecule has 0 saturated carbocycles. The smallest absolute Gasteiger partial charge is 0.407 e. The van der Waals surface area contributed by atoms with Crippen LogP contribution in [0.15, 0.2) is 175 Å². The predicted octanol–water partition coefficient (Wildman–Crippen LogP) is 30.0. The van der Waals surface area contributed by atoms with Crippen molar-refractivity contribution in [2.75, 3.05) is 53.8 Å². The minimum atomic E-state index is -1.21. The molecule has 0 aromatic heterocycles. The van der Waals surface area contributed by atoms with Crippen LogP contribution in [-0.2, 0) is 44.9 Å². The molecule has 0 radical (unpaired) electrons. The summed E-state index contributed by atoms with van der Waals surface area (Å²) in [5, 5.41) is 16.2. The standard InChI is InChI=1S/C117H165N7O11/c1-8-11-13-15-17-19-21-23-25-27-29-31-33-35-37-39-41-43-45-52-77-132-101-71-68-97(111(86-101)133-79-53-46-44-42-40-38-36-34-32-30-28-26-24-22-20-18-16-14-12-9-2)87-119-113(125)89-134-98-69-66-96(67-70-98)114(107-75-72-99(129-6)85-112(107)130-7)123-115(126)109(61-55-56-93-81-90(4)80-91(5)82-93)121-116(127)110(122-117(128)135-88-108-105-59-49-47-57-103(105)104-58-48-50-60-106(104)108)83-92-62-64-95(65-63-92)102-74-73-100(84-94(102)10-3)131-78-54-51-76-120-124-118/h47-50,57-60,62-75,80-82,84-86,108-110,114H,8-46,51-56,61,76-79,83,87-89H2,1-7H3,(H,119,125)(H,121,127)(H,122,128)(H,123,126)/t109-,110-,114?/m0/s1. The first kappa shape index (κ1) is 108. The molecule has 135 heavy (non-hydrogen) atoms. The number of alkyl carbamates (subject to hydrolysis) is 1. The lowest BCUT2D eigenvalue weighted by Gasteiger charge is -2.27. The van der Waals surface area contributed by atoms with Crippen molar-refractivity contribution in [3.8, 4) is 56.8 Å². The Labute approximate surface area is 811 Å². The molecule has 8 aromatic rings. The maximum Gasteiger partial charge on any atom is 0.407 e. The van der Waals surface area contributed by atoms with Gasteiger partial charge in [0.25, 0.3) is 5.91 Å². The van der Waals surface area contributed by atoms with Crippen molar-refractivity contribution in [2.45, 2.75) is 367 Å². The Morgan fingerprint density at radius 2 is 0.881 bits per heavy atom. The number of carbonyl (C=O) groups excluding carboxylic acids is 4. The van der Waals surface area contributed by atoms with Gasteiger partial charge in [-0.1, -0.05) is 390 Å². The fourth-order valence-electron chi connectivity index (χ4n) is 18.8. The van der Waals surface area contributed by atoms with E-state index < -0.39 is 36.0 Å². The van der Waals surface area contributed by atoms with Crippen molar-refractivity contribution in [2.24, 2.45) is 5.11 Å². The third kappa shape index (κ3) is 40.8. The fourth-order valence-corrected chi connectivity index (χ4v) is 18.8. The minimum absolute atomic E-state index is 0.0224. The van der Waals surface area contributed by atoms with Crippen molar-refractivity contribution in [3.63, 3.8) is 0 Å². The molecule has 0 heterocycles. The number of aryl methyl sites for hydroxylation is 4. The first-order chi connectivity index (χ1) is 66.3. The van der Waals surface area contributed by atoms with Gasteiger partial charge in [-0.3, -0.25) is 14.4 Å². The molecule has 4 N–H and O–H groups in total. The lowest BCUT2D eigenvalue weighted by atomic mass is 9.95. The number of nitrogens with zero attached hydrogens (tertiary/aromatic N) is 3. The number of carbonyl (C=O) groups is 4. The molecule has 4 amide bonds. The molecule has 0 bridgehead atoms. The maximum atomic E-state index is 15.7. The molecule has 3 atom stereocenters. The van der Waals surface area contributed by atoms with Crippen LogP contribution in [0.1, 0.15) is 371 Å². The van der Waals surface area contributed by atoms with E-state index in [1.807, 2.05) is 97.1 Å². The highest BCUT2D eigenvalue weighted by atomic mass is 16.5. The van der Waals surface area contributed by atoms with Crippen molar-refractivity contribution >= 4 is 23.8 Å². The van der Waals surface area contributed by atoms with E-state index in [1.54, 1.807) is 32.4 Å². The zero-order valence-corrected chi connectivity index (χ0v) is 83.5. The van der Waals surface area contributed by atoms with Crippen LogP contribution in [-0.4, -0.2) is 89.7 Å². The van der Waals surface area contributed by atoms with Gasteiger partial charge >= 0.3 is 6.09 Å². The van der Waals surface area contributed by atoms with Gasteiger partial charge in [0.05, 0.1) is 40.1 Å². The van der Waals surface area contributed by atoms with Gasteiger partial charge in [0.1, 0.15) is 53.2 Å². The van der Waals surface area contributed by atoms with E-state index in [-0.39, 0.29) is 44.4 Å². The summed E-state index contributed by atoms with van der Waals surface area (Å²) < 4.78 is 43.2. The molecule has 18 heteroatoms. The van der Waals surface area contributed by atoms with Gasteiger partial charge in [0, 0.05) is 53.6 Å². The van der Waals surface area contributed by atoms with E-state index in [1.165, 1.54) is 231 Å². The van der Waals surface area contributed by atoms with Crippen LogP contribution in [0.4, 0.5) is 4.79 Å². The maximum absolute atomic E-state index is 15.7. The number of ether oxygens (including phenoxy) is 7. The summed E-state index contributed by atoms with van der Waals surface area (Å²) >= 11 is 0. The van der Waals surface area contributed by atoms with Crippen LogP contribution in [0, 0.1) is 13.8 Å². The van der Waals surface area contributed by atoms with E-state index in [0.717, 1.165) is 123 Å². The van der Waals surface area contributed by atoms with Crippen molar-refractivity contribution in [1.82, 2.24) is 21.3 Å². The van der Waals surface area contributed by atoms with Crippen LogP contribution in [0.3, 0.4) is 0 Å². The molecule has 1 aliphatic rings. The Bertz CT molecular complexity index is 4670. The number of azide groups is 1. The van der Waals surface area contributed by atoms with E-state index in [4.69, 9.17) is 38.7 Å². The Hall–Kier alpha value is -10.5. The highest BCUT2D eigenvalue weighted by Gasteiger charge is 2.33. The van der Waals surface area contributed by atoms with Gasteiger partial charge in [-0.15, -0.1) is 0 Å². The van der Waals surface area contributed by atoms with Crippen molar-refractivity contribution in [3.05, 3.63) is 236 Å². The zero-order valence-electron chi connectivity index (χ0n) is 83.5. The number of hydrogen-bond acceptors (Lipinski definition) is 12. The Morgan fingerprint density at radius 3 is 1.40 bits per heavy atom. The Kier molecular flexibility index (Phi) is 52.4. The number of fused-ring (bicyclic) bond motifs is 3. The van der Waals surface area contributed by atoms with Crippen LogP contribution < -0.4 is 49.7 Å². The largest absolute Gasteiger partial charge is 0.497 e. The summed E-state index contributed by atoms with van der Waals surface area (Å²) in [5.74, 6) is 2.06. The molecule has 8 aromatic carbocycles.